The van der Waals surface area contributed by atoms with Gasteiger partial charge in [-0.25, -0.2) is 13.8 Å². The summed E-state index contributed by atoms with van der Waals surface area (Å²) >= 11 is 0. The Hall–Kier alpha value is -2.59. The molecular formula is C33H44F2N6O. The number of benzene rings is 2. The van der Waals surface area contributed by atoms with Gasteiger partial charge in [0.1, 0.15) is 0 Å². The van der Waals surface area contributed by atoms with Crippen molar-refractivity contribution in [1.29, 1.82) is 0 Å². The number of nitrogens with zero attached hydrogens (tertiary/aromatic N) is 5. The second kappa shape index (κ2) is 11.5. The maximum absolute atomic E-state index is 14.0. The van der Waals surface area contributed by atoms with Gasteiger partial charge in [0, 0.05) is 70.5 Å². The summed E-state index contributed by atoms with van der Waals surface area (Å²) in [6.45, 7) is 8.99. The Morgan fingerprint density at radius 3 is 2.67 bits per heavy atom. The first-order valence-corrected chi connectivity index (χ1v) is 15.9. The quantitative estimate of drug-likeness (QED) is 0.394. The van der Waals surface area contributed by atoms with Crippen molar-refractivity contribution in [3.05, 3.63) is 59.2 Å². The van der Waals surface area contributed by atoms with E-state index in [4.69, 9.17) is 4.98 Å². The smallest absolute Gasteiger partial charge is 0.204 e. The Bertz CT molecular complexity index is 1370. The minimum absolute atomic E-state index is 0.191. The molecule has 2 unspecified atom stereocenters. The Balaban J connectivity index is 1.06. The largest absolute Gasteiger partial charge is 0.392 e. The number of hydrogen-bond donors (Lipinski definition) is 2. The Morgan fingerprint density at radius 1 is 1.05 bits per heavy atom. The molecule has 4 fully saturated rings. The molecule has 1 aromatic heterocycles. The molecule has 0 spiro atoms. The number of H-pyrrole nitrogens is 1. The fourth-order valence-corrected chi connectivity index (χ4v) is 7.97. The predicted octanol–water partition coefficient (Wildman–Crippen LogP) is 4.36. The van der Waals surface area contributed by atoms with Crippen molar-refractivity contribution in [2.24, 2.45) is 5.92 Å². The fourth-order valence-electron chi connectivity index (χ4n) is 7.97. The van der Waals surface area contributed by atoms with Crippen molar-refractivity contribution in [3.63, 3.8) is 0 Å². The highest BCUT2D eigenvalue weighted by Gasteiger charge is 2.58. The molecular weight excluding hydrogens is 534 g/mol. The van der Waals surface area contributed by atoms with Crippen molar-refractivity contribution < 1.29 is 13.9 Å². The van der Waals surface area contributed by atoms with E-state index in [1.165, 1.54) is 29.7 Å². The molecule has 7 rings (SSSR count). The molecule has 0 bridgehead atoms. The number of aromatic nitrogens is 2. The minimum atomic E-state index is -0.856. The van der Waals surface area contributed by atoms with Crippen LogP contribution in [-0.2, 0) is 12.0 Å². The molecule has 4 atom stereocenters. The van der Waals surface area contributed by atoms with E-state index >= 15 is 0 Å². The van der Waals surface area contributed by atoms with Crippen LogP contribution >= 0.6 is 0 Å². The molecule has 0 radical (unpaired) electrons. The first-order valence-electron chi connectivity index (χ1n) is 15.9. The number of aliphatic hydroxyl groups is 1. The number of aliphatic hydroxyl groups excluding tert-OH is 1. The SMILES string of the molecule is CN1CCN(CCCN(c2nc3cc(F)c(F)cc3[nH]2)C2CC[C@]3(c4cccc(CN5CC[C@@H](O)C5)c4)CC3C2)CC1. The first-order chi connectivity index (χ1) is 20.4. The highest BCUT2D eigenvalue weighted by molar-refractivity contribution is 5.78. The second-order valence-electron chi connectivity index (χ2n) is 13.4. The van der Waals surface area contributed by atoms with Crippen LogP contribution in [0.15, 0.2) is 36.4 Å². The summed E-state index contributed by atoms with van der Waals surface area (Å²) in [5, 5.41) is 9.94. The van der Waals surface area contributed by atoms with Crippen LogP contribution in [0.4, 0.5) is 14.7 Å². The van der Waals surface area contributed by atoms with E-state index in [1.807, 2.05) is 0 Å². The van der Waals surface area contributed by atoms with E-state index in [9.17, 15) is 13.9 Å². The molecule has 2 aliphatic carbocycles. The van der Waals surface area contributed by atoms with Crippen LogP contribution in [0.25, 0.3) is 11.0 Å². The van der Waals surface area contributed by atoms with Gasteiger partial charge in [-0.15, -0.1) is 0 Å². The number of fused-ring (bicyclic) bond motifs is 2. The van der Waals surface area contributed by atoms with Gasteiger partial charge in [-0.1, -0.05) is 24.3 Å². The molecule has 2 N–H and O–H groups in total. The van der Waals surface area contributed by atoms with Crippen LogP contribution in [0.2, 0.25) is 0 Å². The number of piperazine rings is 1. The van der Waals surface area contributed by atoms with Crippen LogP contribution in [-0.4, -0.2) is 101 Å². The molecule has 4 aliphatic rings. The predicted molar refractivity (Wildman–Crippen MR) is 162 cm³/mol. The van der Waals surface area contributed by atoms with E-state index in [-0.39, 0.29) is 11.5 Å². The van der Waals surface area contributed by atoms with Gasteiger partial charge in [0.25, 0.3) is 0 Å². The number of hydrogen-bond acceptors (Lipinski definition) is 6. The van der Waals surface area contributed by atoms with Crippen molar-refractivity contribution in [2.45, 2.75) is 62.6 Å². The number of β-amino-alcohol motifs (C(OH)–C–C–N with tert-alkyl or cyclic N) is 1. The van der Waals surface area contributed by atoms with Gasteiger partial charge in [-0.05, 0) is 74.6 Å². The number of likely N-dealkylation sites (N-methyl/N-ethyl adjacent to an activating group) is 1. The topological polar surface area (TPSA) is 61.9 Å². The Kier molecular flexibility index (Phi) is 7.71. The number of likely N-dealkylation sites (tertiary alicyclic amines) is 1. The lowest BCUT2D eigenvalue weighted by Crippen LogP contribution is -2.46. The van der Waals surface area contributed by atoms with Crippen molar-refractivity contribution in [1.82, 2.24) is 24.7 Å². The normalized spacial score (nSPS) is 28.8. The monoisotopic (exact) mass is 578 g/mol. The number of anilines is 1. The summed E-state index contributed by atoms with van der Waals surface area (Å²) in [5.74, 6) is -0.325. The van der Waals surface area contributed by atoms with Crippen molar-refractivity contribution >= 4 is 17.0 Å². The second-order valence-corrected chi connectivity index (χ2v) is 13.4. The van der Waals surface area contributed by atoms with Gasteiger partial charge < -0.3 is 24.8 Å². The van der Waals surface area contributed by atoms with Gasteiger partial charge in [-0.3, -0.25) is 4.90 Å². The number of rotatable bonds is 9. The molecule has 2 saturated carbocycles. The maximum Gasteiger partial charge on any atom is 0.204 e. The van der Waals surface area contributed by atoms with Gasteiger partial charge in [-0.2, -0.15) is 0 Å². The van der Waals surface area contributed by atoms with Crippen LogP contribution in [0.1, 0.15) is 49.7 Å². The zero-order valence-corrected chi connectivity index (χ0v) is 24.7. The van der Waals surface area contributed by atoms with Crippen LogP contribution in [0.3, 0.4) is 0 Å². The molecule has 3 heterocycles. The van der Waals surface area contributed by atoms with Gasteiger partial charge in [0.05, 0.1) is 17.1 Å². The highest BCUT2D eigenvalue weighted by atomic mass is 19.2. The third-order valence-corrected chi connectivity index (χ3v) is 10.6. The average molecular weight is 579 g/mol. The Labute approximate surface area is 247 Å². The van der Waals surface area contributed by atoms with Crippen LogP contribution in [0.5, 0.6) is 0 Å². The lowest BCUT2D eigenvalue weighted by Gasteiger charge is -2.38. The van der Waals surface area contributed by atoms with Crippen LogP contribution < -0.4 is 4.90 Å². The van der Waals surface area contributed by atoms with E-state index in [0.29, 0.717) is 23.0 Å². The minimum Gasteiger partial charge on any atom is -0.392 e. The van der Waals surface area contributed by atoms with Gasteiger partial charge in [0.15, 0.2) is 11.6 Å². The Morgan fingerprint density at radius 2 is 1.88 bits per heavy atom. The number of imidazole rings is 1. The van der Waals surface area contributed by atoms with Crippen molar-refractivity contribution in [3.8, 4) is 0 Å². The molecule has 0 amide bonds. The maximum atomic E-state index is 14.0. The molecule has 42 heavy (non-hydrogen) atoms. The zero-order valence-electron chi connectivity index (χ0n) is 24.7. The van der Waals surface area contributed by atoms with E-state index in [1.54, 1.807) is 0 Å². The summed E-state index contributed by atoms with van der Waals surface area (Å²) in [4.78, 5) is 17.8. The summed E-state index contributed by atoms with van der Waals surface area (Å²) in [7, 11) is 2.18. The summed E-state index contributed by atoms with van der Waals surface area (Å²) < 4.78 is 28.0. The molecule has 2 aliphatic heterocycles. The van der Waals surface area contributed by atoms with Gasteiger partial charge >= 0.3 is 0 Å². The number of halogens is 2. The number of nitrogens with one attached hydrogen (secondary N) is 1. The average Bonchev–Trinajstić information content (AvgIpc) is 3.38. The van der Waals surface area contributed by atoms with Crippen molar-refractivity contribution in [2.75, 3.05) is 64.3 Å². The summed E-state index contributed by atoms with van der Waals surface area (Å²) in [6.07, 6.45) is 6.26. The van der Waals surface area contributed by atoms with E-state index < -0.39 is 11.6 Å². The third kappa shape index (κ3) is 5.68. The van der Waals surface area contributed by atoms with E-state index in [2.05, 4.69) is 55.9 Å². The third-order valence-electron chi connectivity index (χ3n) is 10.6. The molecule has 7 nitrogen and oxygen atoms in total. The molecule has 2 saturated heterocycles. The summed E-state index contributed by atoms with van der Waals surface area (Å²) in [5.41, 5.74) is 4.11. The fraction of sp³-hybridized carbons (Fsp3) is 0.606. The van der Waals surface area contributed by atoms with Gasteiger partial charge in [0.2, 0.25) is 5.95 Å². The van der Waals surface area contributed by atoms with Crippen LogP contribution in [0, 0.1) is 17.6 Å². The molecule has 226 valence electrons. The lowest BCUT2D eigenvalue weighted by atomic mass is 9.80. The highest BCUT2D eigenvalue weighted by Crippen LogP contribution is 2.63. The number of aromatic amines is 1. The zero-order chi connectivity index (χ0) is 28.8. The lowest BCUT2D eigenvalue weighted by molar-refractivity contribution is 0.153. The first kappa shape index (κ1) is 28.2. The molecule has 2 aromatic carbocycles. The standard InChI is InChI=1S/C33H44F2N6O/c1-38-12-14-39(15-13-38)9-3-10-41(32-36-30-18-28(34)29(35)19-31(30)37-32)26-6-8-33(20-25(33)17-26)24-5-2-4-23(16-24)21-40-11-7-27(42)22-40/h2,4-5,16,18-19,25-27,42H,3,6-15,17,20-22H2,1H3,(H,36,37)/t25?,26?,27-,33-/m1/s1. The summed E-state index contributed by atoms with van der Waals surface area (Å²) in [6, 6.07) is 12.0. The van der Waals surface area contributed by atoms with E-state index in [0.717, 1.165) is 97.0 Å². The molecule has 9 heteroatoms. The molecule has 3 aromatic rings.